The number of nitrogens with one attached hydrogen (secondary N) is 1. The molecule has 0 saturated heterocycles. The van der Waals surface area contributed by atoms with Crippen molar-refractivity contribution in [3.63, 3.8) is 0 Å². The largest absolute Gasteiger partial charge is 0.508 e. The second-order valence-corrected chi connectivity index (χ2v) is 5.40. The smallest absolute Gasteiger partial charge is 0.229 e. The highest BCUT2D eigenvalue weighted by Gasteiger charge is 2.09. The molecule has 25 heavy (non-hydrogen) atoms. The van der Waals surface area contributed by atoms with Crippen molar-refractivity contribution in [1.29, 1.82) is 0 Å². The number of phenolic OH excluding ortho intramolecular Hbond substituents is 1. The Hall–Kier alpha value is -3.61. The SMILES string of the molecule is COc1ccc(-n2ncc3cnc(Nc4ccc(O)cc4)nc32)cc1. The highest BCUT2D eigenvalue weighted by Crippen LogP contribution is 2.21. The second kappa shape index (κ2) is 6.12. The molecule has 0 aliphatic carbocycles. The third kappa shape index (κ3) is 2.94. The van der Waals surface area contributed by atoms with Crippen molar-refractivity contribution in [3.8, 4) is 17.2 Å². The summed E-state index contributed by atoms with van der Waals surface area (Å²) in [5.41, 5.74) is 2.36. The molecule has 2 aromatic heterocycles. The Bertz CT molecular complexity index is 1010. The molecule has 2 aromatic carbocycles. The van der Waals surface area contributed by atoms with Crippen molar-refractivity contribution in [2.24, 2.45) is 0 Å². The molecule has 4 aromatic rings. The molecule has 0 bridgehead atoms. The van der Waals surface area contributed by atoms with Crippen molar-refractivity contribution < 1.29 is 9.84 Å². The minimum absolute atomic E-state index is 0.208. The zero-order chi connectivity index (χ0) is 17.2. The van der Waals surface area contributed by atoms with E-state index in [0.717, 1.165) is 22.5 Å². The zero-order valence-corrected chi connectivity index (χ0v) is 13.4. The van der Waals surface area contributed by atoms with E-state index in [1.807, 2.05) is 24.3 Å². The number of anilines is 2. The third-order valence-electron chi connectivity index (χ3n) is 3.75. The minimum atomic E-state index is 0.208. The Morgan fingerprint density at radius 2 is 1.76 bits per heavy atom. The fourth-order valence-electron chi connectivity index (χ4n) is 2.46. The van der Waals surface area contributed by atoms with Crippen molar-refractivity contribution in [2.75, 3.05) is 12.4 Å². The fraction of sp³-hybridized carbons (Fsp3) is 0.0556. The van der Waals surface area contributed by atoms with Gasteiger partial charge in [-0.3, -0.25) is 0 Å². The molecule has 0 amide bonds. The van der Waals surface area contributed by atoms with Gasteiger partial charge in [0.15, 0.2) is 5.65 Å². The van der Waals surface area contributed by atoms with Crippen LogP contribution in [0.5, 0.6) is 11.5 Å². The summed E-state index contributed by atoms with van der Waals surface area (Å²) in [6, 6.07) is 14.3. The Kier molecular flexibility index (Phi) is 3.66. The maximum absolute atomic E-state index is 9.36. The first-order valence-corrected chi connectivity index (χ1v) is 7.64. The summed E-state index contributed by atoms with van der Waals surface area (Å²) in [4.78, 5) is 8.86. The van der Waals surface area contributed by atoms with Crippen LogP contribution in [0.15, 0.2) is 60.9 Å². The Labute approximate surface area is 143 Å². The van der Waals surface area contributed by atoms with Crippen molar-refractivity contribution >= 4 is 22.7 Å². The topological polar surface area (TPSA) is 85.1 Å². The summed E-state index contributed by atoms with van der Waals surface area (Å²) < 4.78 is 6.93. The van der Waals surface area contributed by atoms with Crippen LogP contribution in [-0.4, -0.2) is 32.0 Å². The number of benzene rings is 2. The number of hydrogen-bond donors (Lipinski definition) is 2. The summed E-state index contributed by atoms with van der Waals surface area (Å²) >= 11 is 0. The van der Waals surface area contributed by atoms with Crippen LogP contribution in [0.3, 0.4) is 0 Å². The summed E-state index contributed by atoms with van der Waals surface area (Å²) in [7, 11) is 1.63. The molecule has 2 heterocycles. The van der Waals surface area contributed by atoms with E-state index in [0.29, 0.717) is 11.6 Å². The third-order valence-corrected chi connectivity index (χ3v) is 3.75. The first-order chi connectivity index (χ1) is 12.2. The van der Waals surface area contributed by atoms with Crippen LogP contribution in [0, 0.1) is 0 Å². The van der Waals surface area contributed by atoms with E-state index in [-0.39, 0.29) is 5.75 Å². The van der Waals surface area contributed by atoms with Crippen molar-refractivity contribution in [1.82, 2.24) is 19.7 Å². The summed E-state index contributed by atoms with van der Waals surface area (Å²) in [5.74, 6) is 1.44. The predicted octanol–water partition coefficient (Wildman–Crippen LogP) is 3.27. The van der Waals surface area contributed by atoms with Gasteiger partial charge in [0, 0.05) is 11.9 Å². The molecule has 0 unspecified atom stereocenters. The number of hydrogen-bond acceptors (Lipinski definition) is 6. The van der Waals surface area contributed by atoms with Crippen molar-refractivity contribution in [3.05, 3.63) is 60.9 Å². The summed E-state index contributed by atoms with van der Waals surface area (Å²) in [6.45, 7) is 0. The minimum Gasteiger partial charge on any atom is -0.508 e. The van der Waals surface area contributed by atoms with Gasteiger partial charge >= 0.3 is 0 Å². The Morgan fingerprint density at radius 3 is 2.48 bits per heavy atom. The lowest BCUT2D eigenvalue weighted by molar-refractivity contribution is 0.414. The maximum atomic E-state index is 9.36. The summed E-state index contributed by atoms with van der Waals surface area (Å²) in [6.07, 6.45) is 3.45. The van der Waals surface area contributed by atoms with Gasteiger partial charge in [-0.1, -0.05) is 0 Å². The number of aromatic hydroxyl groups is 1. The lowest BCUT2D eigenvalue weighted by Gasteiger charge is -2.07. The monoisotopic (exact) mass is 333 g/mol. The average Bonchev–Trinajstić information content (AvgIpc) is 3.07. The molecule has 0 fully saturated rings. The number of ether oxygens (including phenoxy) is 1. The molecule has 2 N–H and O–H groups in total. The fourth-order valence-corrected chi connectivity index (χ4v) is 2.46. The molecule has 0 spiro atoms. The molecule has 0 saturated carbocycles. The van der Waals surface area contributed by atoms with Gasteiger partial charge in [-0.15, -0.1) is 0 Å². The van der Waals surface area contributed by atoms with Crippen LogP contribution in [0.4, 0.5) is 11.6 Å². The van der Waals surface area contributed by atoms with Crippen LogP contribution in [0.2, 0.25) is 0 Å². The van der Waals surface area contributed by atoms with E-state index in [4.69, 9.17) is 4.74 Å². The van der Waals surface area contributed by atoms with E-state index in [2.05, 4.69) is 20.4 Å². The van der Waals surface area contributed by atoms with Crippen LogP contribution in [0.1, 0.15) is 0 Å². The molecular weight excluding hydrogens is 318 g/mol. The van der Waals surface area contributed by atoms with E-state index in [1.165, 1.54) is 0 Å². The number of phenols is 1. The van der Waals surface area contributed by atoms with Gasteiger partial charge in [0.25, 0.3) is 0 Å². The van der Waals surface area contributed by atoms with Crippen LogP contribution in [0.25, 0.3) is 16.7 Å². The molecule has 7 heteroatoms. The molecule has 0 aliphatic rings. The number of methoxy groups -OCH3 is 1. The van der Waals surface area contributed by atoms with Gasteiger partial charge in [-0.25, -0.2) is 9.67 Å². The van der Waals surface area contributed by atoms with E-state index >= 15 is 0 Å². The highest BCUT2D eigenvalue weighted by atomic mass is 16.5. The van der Waals surface area contributed by atoms with Crippen LogP contribution >= 0.6 is 0 Å². The molecular formula is C18H15N5O2. The second-order valence-electron chi connectivity index (χ2n) is 5.40. The van der Waals surface area contributed by atoms with Crippen molar-refractivity contribution in [2.45, 2.75) is 0 Å². The molecule has 4 rings (SSSR count). The normalized spacial score (nSPS) is 10.8. The summed E-state index contributed by atoms with van der Waals surface area (Å²) in [5, 5.41) is 17.7. The van der Waals surface area contributed by atoms with Crippen LogP contribution < -0.4 is 10.1 Å². The molecule has 0 aliphatic heterocycles. The Morgan fingerprint density at radius 1 is 1.00 bits per heavy atom. The number of rotatable bonds is 4. The van der Waals surface area contributed by atoms with Gasteiger partial charge in [0.2, 0.25) is 5.95 Å². The van der Waals surface area contributed by atoms with E-state index in [9.17, 15) is 5.11 Å². The molecule has 7 nitrogen and oxygen atoms in total. The van der Waals surface area contributed by atoms with E-state index in [1.54, 1.807) is 48.5 Å². The predicted molar refractivity (Wildman–Crippen MR) is 94.6 cm³/mol. The quantitative estimate of drug-likeness (QED) is 0.558. The first-order valence-electron chi connectivity index (χ1n) is 7.64. The molecule has 124 valence electrons. The van der Waals surface area contributed by atoms with Gasteiger partial charge in [-0.2, -0.15) is 10.1 Å². The van der Waals surface area contributed by atoms with Gasteiger partial charge < -0.3 is 15.2 Å². The lowest BCUT2D eigenvalue weighted by Crippen LogP contribution is -2.01. The molecule has 0 atom stereocenters. The number of aromatic nitrogens is 4. The van der Waals surface area contributed by atoms with Gasteiger partial charge in [-0.05, 0) is 48.5 Å². The molecule has 0 radical (unpaired) electrons. The average molecular weight is 333 g/mol. The standard InChI is InChI=1S/C18H15N5O2/c1-25-16-8-4-14(5-9-16)23-17-12(11-20-23)10-19-18(22-17)21-13-2-6-15(24)7-3-13/h2-11,24H,1H3,(H,19,21,22). The Balaban J connectivity index is 1.70. The zero-order valence-electron chi connectivity index (χ0n) is 13.4. The number of fused-ring (bicyclic) bond motifs is 1. The highest BCUT2D eigenvalue weighted by molar-refractivity contribution is 5.77. The van der Waals surface area contributed by atoms with Gasteiger partial charge in [0.1, 0.15) is 11.5 Å². The number of nitrogens with zero attached hydrogens (tertiary/aromatic N) is 4. The van der Waals surface area contributed by atoms with E-state index < -0.39 is 0 Å². The first kappa shape index (κ1) is 14.9. The maximum Gasteiger partial charge on any atom is 0.229 e. The van der Waals surface area contributed by atoms with Crippen LogP contribution in [-0.2, 0) is 0 Å². The van der Waals surface area contributed by atoms with Gasteiger partial charge in [0.05, 0.1) is 24.4 Å². The lowest BCUT2D eigenvalue weighted by atomic mass is 10.3.